The fourth-order valence-corrected chi connectivity index (χ4v) is 2.37. The molecule has 0 saturated heterocycles. The van der Waals surface area contributed by atoms with Crippen molar-refractivity contribution in [3.8, 4) is 0 Å². The highest BCUT2D eigenvalue weighted by Gasteiger charge is 2.23. The van der Waals surface area contributed by atoms with E-state index in [2.05, 4.69) is 43.0 Å². The van der Waals surface area contributed by atoms with Gasteiger partial charge in [-0.15, -0.1) is 0 Å². The zero-order valence-electron chi connectivity index (χ0n) is 12.8. The summed E-state index contributed by atoms with van der Waals surface area (Å²) in [6, 6.07) is 0. The van der Waals surface area contributed by atoms with Gasteiger partial charge in [0.15, 0.2) is 0 Å². The predicted octanol–water partition coefficient (Wildman–Crippen LogP) is 3.84. The van der Waals surface area contributed by atoms with Crippen LogP contribution in [0.1, 0.15) is 58.2 Å². The smallest absolute Gasteiger partial charge is 0.132 e. The molecular formula is C16H27N3. The van der Waals surface area contributed by atoms with E-state index in [1.807, 2.05) is 0 Å². The first-order valence-electron chi connectivity index (χ1n) is 7.57. The van der Waals surface area contributed by atoms with Crippen LogP contribution in [0.4, 0.5) is 5.82 Å². The van der Waals surface area contributed by atoms with Gasteiger partial charge in [-0.25, -0.2) is 9.97 Å². The molecule has 3 heteroatoms. The Kier molecular flexibility index (Phi) is 4.43. The van der Waals surface area contributed by atoms with E-state index in [1.165, 1.54) is 30.5 Å². The summed E-state index contributed by atoms with van der Waals surface area (Å²) in [6.45, 7) is 10.1. The number of anilines is 1. The Labute approximate surface area is 117 Å². The Morgan fingerprint density at radius 1 is 1.16 bits per heavy atom. The molecular weight excluding hydrogens is 234 g/mol. The first-order valence-corrected chi connectivity index (χ1v) is 7.57. The molecule has 1 aliphatic carbocycles. The minimum Gasteiger partial charge on any atom is -0.369 e. The Morgan fingerprint density at radius 2 is 1.89 bits per heavy atom. The van der Waals surface area contributed by atoms with Gasteiger partial charge in [-0.2, -0.15) is 0 Å². The molecule has 1 aromatic rings. The summed E-state index contributed by atoms with van der Waals surface area (Å²) >= 11 is 0. The molecule has 3 nitrogen and oxygen atoms in total. The number of nitrogens with one attached hydrogen (secondary N) is 1. The lowest BCUT2D eigenvalue weighted by Crippen LogP contribution is -2.29. The molecule has 1 aliphatic rings. The average Bonchev–Trinajstić information content (AvgIpc) is 2.61. The third kappa shape index (κ3) is 3.46. The molecule has 106 valence electrons. The molecule has 0 saturated carbocycles. The maximum absolute atomic E-state index is 4.47. The lowest BCUT2D eigenvalue weighted by atomic mass is 9.81. The summed E-state index contributed by atoms with van der Waals surface area (Å²) < 4.78 is 0. The van der Waals surface area contributed by atoms with Gasteiger partial charge in [-0.3, -0.25) is 0 Å². The SMILES string of the molecule is CC(C)C(C)(C)CNc1ncnc2c1CCCCC2. The molecule has 0 atom stereocenters. The van der Waals surface area contributed by atoms with Crippen molar-refractivity contribution in [3.05, 3.63) is 17.6 Å². The molecule has 0 radical (unpaired) electrons. The van der Waals surface area contributed by atoms with Crippen LogP contribution in [-0.4, -0.2) is 16.5 Å². The largest absolute Gasteiger partial charge is 0.369 e. The molecule has 0 aromatic carbocycles. The van der Waals surface area contributed by atoms with Crippen molar-refractivity contribution in [2.24, 2.45) is 11.3 Å². The summed E-state index contributed by atoms with van der Waals surface area (Å²) in [6.07, 6.45) is 7.80. The van der Waals surface area contributed by atoms with Crippen LogP contribution in [0.2, 0.25) is 0 Å². The highest BCUT2D eigenvalue weighted by Crippen LogP contribution is 2.28. The van der Waals surface area contributed by atoms with Gasteiger partial charge in [0.05, 0.1) is 0 Å². The van der Waals surface area contributed by atoms with E-state index >= 15 is 0 Å². The third-order valence-electron chi connectivity index (χ3n) is 4.65. The van der Waals surface area contributed by atoms with Crippen LogP contribution in [0.5, 0.6) is 0 Å². The van der Waals surface area contributed by atoms with Gasteiger partial charge in [0.1, 0.15) is 12.1 Å². The standard InChI is InChI=1S/C16H27N3/c1-12(2)16(3,4)10-17-15-13-8-6-5-7-9-14(13)18-11-19-15/h11-12H,5-10H2,1-4H3,(H,17,18,19). The van der Waals surface area contributed by atoms with Crippen LogP contribution >= 0.6 is 0 Å². The van der Waals surface area contributed by atoms with E-state index in [0.717, 1.165) is 25.2 Å². The second-order valence-corrected chi connectivity index (χ2v) is 6.71. The van der Waals surface area contributed by atoms with E-state index in [9.17, 15) is 0 Å². The Morgan fingerprint density at radius 3 is 2.63 bits per heavy atom. The fourth-order valence-electron chi connectivity index (χ4n) is 2.37. The van der Waals surface area contributed by atoms with Gasteiger partial charge in [-0.1, -0.05) is 34.1 Å². The summed E-state index contributed by atoms with van der Waals surface area (Å²) in [5.41, 5.74) is 2.90. The lowest BCUT2D eigenvalue weighted by molar-refractivity contribution is 0.269. The maximum Gasteiger partial charge on any atom is 0.132 e. The molecule has 0 unspecified atom stereocenters. The number of nitrogens with zero attached hydrogens (tertiary/aromatic N) is 2. The average molecular weight is 261 g/mol. The zero-order chi connectivity index (χ0) is 13.9. The highest BCUT2D eigenvalue weighted by atomic mass is 15.0. The highest BCUT2D eigenvalue weighted by molar-refractivity contribution is 5.46. The van der Waals surface area contributed by atoms with E-state index in [1.54, 1.807) is 6.33 Å². The van der Waals surface area contributed by atoms with E-state index in [4.69, 9.17) is 0 Å². The topological polar surface area (TPSA) is 37.8 Å². The monoisotopic (exact) mass is 261 g/mol. The summed E-state index contributed by atoms with van der Waals surface area (Å²) in [7, 11) is 0. The Balaban J connectivity index is 2.13. The van der Waals surface area contributed by atoms with E-state index in [0.29, 0.717) is 5.92 Å². The first-order chi connectivity index (χ1) is 9.00. The second-order valence-electron chi connectivity index (χ2n) is 6.71. The number of rotatable bonds is 4. The van der Waals surface area contributed by atoms with Crippen molar-refractivity contribution < 1.29 is 0 Å². The van der Waals surface area contributed by atoms with Crippen molar-refractivity contribution in [2.75, 3.05) is 11.9 Å². The molecule has 0 spiro atoms. The Hall–Kier alpha value is -1.12. The molecule has 0 aliphatic heterocycles. The fraction of sp³-hybridized carbons (Fsp3) is 0.750. The molecule has 2 rings (SSSR count). The van der Waals surface area contributed by atoms with Crippen molar-refractivity contribution >= 4 is 5.82 Å². The van der Waals surface area contributed by atoms with Crippen molar-refractivity contribution in [1.82, 2.24) is 9.97 Å². The van der Waals surface area contributed by atoms with Gasteiger partial charge in [-0.05, 0) is 37.0 Å². The Bertz CT molecular complexity index is 424. The second kappa shape index (κ2) is 5.89. The molecule has 0 amide bonds. The van der Waals surface area contributed by atoms with Crippen LogP contribution in [0.15, 0.2) is 6.33 Å². The van der Waals surface area contributed by atoms with Crippen molar-refractivity contribution in [2.45, 2.75) is 59.8 Å². The number of hydrogen-bond donors (Lipinski definition) is 1. The minimum atomic E-state index is 0.280. The summed E-state index contributed by atoms with van der Waals surface area (Å²) in [4.78, 5) is 8.94. The summed E-state index contributed by atoms with van der Waals surface area (Å²) in [5.74, 6) is 1.72. The maximum atomic E-state index is 4.47. The van der Waals surface area contributed by atoms with Crippen LogP contribution in [0.3, 0.4) is 0 Å². The van der Waals surface area contributed by atoms with Crippen LogP contribution in [0.25, 0.3) is 0 Å². The van der Waals surface area contributed by atoms with Gasteiger partial charge >= 0.3 is 0 Å². The molecule has 0 fully saturated rings. The lowest BCUT2D eigenvalue weighted by Gasteiger charge is -2.30. The van der Waals surface area contributed by atoms with E-state index < -0.39 is 0 Å². The molecule has 0 bridgehead atoms. The van der Waals surface area contributed by atoms with Crippen molar-refractivity contribution in [3.63, 3.8) is 0 Å². The third-order valence-corrected chi connectivity index (χ3v) is 4.65. The molecule has 1 N–H and O–H groups in total. The first kappa shape index (κ1) is 14.3. The van der Waals surface area contributed by atoms with Gasteiger partial charge in [0, 0.05) is 17.8 Å². The van der Waals surface area contributed by atoms with Crippen molar-refractivity contribution in [1.29, 1.82) is 0 Å². The molecule has 1 aromatic heterocycles. The molecule has 19 heavy (non-hydrogen) atoms. The quantitative estimate of drug-likeness (QED) is 0.837. The molecule has 1 heterocycles. The predicted molar refractivity (Wildman–Crippen MR) is 80.4 cm³/mol. The van der Waals surface area contributed by atoms with Crippen LogP contribution in [-0.2, 0) is 12.8 Å². The van der Waals surface area contributed by atoms with Crippen LogP contribution < -0.4 is 5.32 Å². The number of aryl methyl sites for hydroxylation is 1. The number of fused-ring (bicyclic) bond motifs is 1. The van der Waals surface area contributed by atoms with Crippen LogP contribution in [0, 0.1) is 11.3 Å². The normalized spacial score (nSPS) is 16.1. The summed E-state index contributed by atoms with van der Waals surface area (Å²) in [5, 5.41) is 3.57. The minimum absolute atomic E-state index is 0.280. The zero-order valence-corrected chi connectivity index (χ0v) is 12.8. The number of hydrogen-bond acceptors (Lipinski definition) is 3. The van der Waals surface area contributed by atoms with Gasteiger partial charge < -0.3 is 5.32 Å². The van der Waals surface area contributed by atoms with Gasteiger partial charge in [0.2, 0.25) is 0 Å². The van der Waals surface area contributed by atoms with E-state index in [-0.39, 0.29) is 5.41 Å². The number of aromatic nitrogens is 2. The van der Waals surface area contributed by atoms with Gasteiger partial charge in [0.25, 0.3) is 0 Å².